The van der Waals surface area contributed by atoms with Crippen LogP contribution in [0.15, 0.2) is 29.6 Å². The highest BCUT2D eigenvalue weighted by Gasteiger charge is 2.26. The van der Waals surface area contributed by atoms with Gasteiger partial charge in [-0.15, -0.1) is 11.3 Å². The zero-order valence-electron chi connectivity index (χ0n) is 17.7. The molecule has 4 rings (SSSR count). The lowest BCUT2D eigenvalue weighted by molar-refractivity contribution is 0.0702. The molecule has 0 spiro atoms. The molecule has 0 atom stereocenters. The van der Waals surface area contributed by atoms with Gasteiger partial charge in [-0.25, -0.2) is 0 Å². The monoisotopic (exact) mass is 526 g/mol. The molecular weight excluding hydrogens is 501 g/mol. The van der Waals surface area contributed by atoms with Crippen LogP contribution in [0.1, 0.15) is 10.4 Å². The Labute approximate surface area is 212 Å². The number of nitrogens with zero attached hydrogens (tertiary/aromatic N) is 2. The van der Waals surface area contributed by atoms with E-state index in [1.165, 1.54) is 0 Å². The van der Waals surface area contributed by atoms with Crippen LogP contribution in [-0.4, -0.2) is 88.3 Å². The molecule has 0 amide bonds. The van der Waals surface area contributed by atoms with Gasteiger partial charge in [0.25, 0.3) is 0 Å². The normalized spacial score (nSPS) is 17.2. The lowest BCUT2D eigenvalue weighted by Crippen LogP contribution is -2.39. The van der Waals surface area contributed by atoms with Crippen molar-refractivity contribution < 1.29 is 14.3 Å². The smallest absolute Gasteiger partial charge is 0.169 e. The summed E-state index contributed by atoms with van der Waals surface area (Å²) in [6.45, 7) is 6.07. The van der Waals surface area contributed by atoms with Crippen molar-refractivity contribution in [3.05, 3.63) is 35.2 Å². The molecule has 1 aromatic heterocycles. The van der Waals surface area contributed by atoms with E-state index in [-0.39, 0.29) is 11.7 Å². The van der Waals surface area contributed by atoms with E-state index in [1.807, 2.05) is 23.6 Å². The topological polar surface area (TPSA) is 42.0 Å². The summed E-state index contributed by atoms with van der Waals surface area (Å²) >= 11 is 16.2. The molecule has 0 N–H and O–H groups in total. The summed E-state index contributed by atoms with van der Waals surface area (Å²) in [5.74, 6) is 1.31. The van der Waals surface area contributed by atoms with E-state index >= 15 is 0 Å². The zero-order chi connectivity index (χ0) is 22.3. The van der Waals surface area contributed by atoms with E-state index in [2.05, 4.69) is 15.9 Å². The largest absolute Gasteiger partial charge is 0.378 e. The van der Waals surface area contributed by atoms with Gasteiger partial charge in [-0.1, -0.05) is 66.2 Å². The van der Waals surface area contributed by atoms with Gasteiger partial charge in [0.05, 0.1) is 26.4 Å². The van der Waals surface area contributed by atoms with Gasteiger partial charge in [0.2, 0.25) is 0 Å². The van der Waals surface area contributed by atoms with Gasteiger partial charge in [0, 0.05) is 64.6 Å². The highest BCUT2D eigenvalue weighted by molar-refractivity contribution is 8.23. The average Bonchev–Trinajstić information content (AvgIpc) is 3.28. The minimum absolute atomic E-state index is 0.166. The standard InChI is InChI=1S/C22H26N2O3S5/c25-20(18-15-30-19-4-2-1-3-17(18)19)16(13-31-21(28)23-5-9-26-10-6-23)14-32-22(29)24-7-11-27-12-8-24/h1-4,15-16H,5-14H2. The van der Waals surface area contributed by atoms with Crippen molar-refractivity contribution in [3.8, 4) is 0 Å². The molecule has 0 bridgehead atoms. The van der Waals surface area contributed by atoms with Crippen LogP contribution in [0.3, 0.4) is 0 Å². The number of fused-ring (bicyclic) bond motifs is 1. The SMILES string of the molecule is O=C(c1csc2ccccc12)C(CSC(=S)N1CCOCC1)CSC(=S)N1CCOCC1. The molecule has 172 valence electrons. The lowest BCUT2D eigenvalue weighted by Gasteiger charge is -2.30. The predicted octanol–water partition coefficient (Wildman–Crippen LogP) is 4.40. The van der Waals surface area contributed by atoms with Crippen LogP contribution in [0, 0.1) is 5.92 Å². The Bertz CT molecular complexity index is 920. The van der Waals surface area contributed by atoms with Gasteiger partial charge >= 0.3 is 0 Å². The fraction of sp³-hybridized carbons (Fsp3) is 0.500. The van der Waals surface area contributed by atoms with Gasteiger partial charge in [-0.3, -0.25) is 4.79 Å². The third kappa shape index (κ3) is 6.22. The number of carbonyl (C=O) groups is 1. The minimum atomic E-state index is -0.166. The van der Waals surface area contributed by atoms with Crippen molar-refractivity contribution >= 4 is 83.8 Å². The number of thiocarbonyl (C=S) groups is 2. The number of thiophene rings is 1. The van der Waals surface area contributed by atoms with E-state index < -0.39 is 0 Å². The van der Waals surface area contributed by atoms with Crippen molar-refractivity contribution in [2.75, 3.05) is 64.1 Å². The maximum atomic E-state index is 13.6. The Morgan fingerprint density at radius 2 is 1.47 bits per heavy atom. The lowest BCUT2D eigenvalue weighted by atomic mass is 10.0. The molecule has 0 unspecified atom stereocenters. The fourth-order valence-electron chi connectivity index (χ4n) is 3.61. The maximum Gasteiger partial charge on any atom is 0.169 e. The second-order valence-corrected chi connectivity index (χ2v) is 11.8. The average molecular weight is 527 g/mol. The fourth-order valence-corrected chi connectivity index (χ4v) is 7.44. The van der Waals surface area contributed by atoms with Gasteiger partial charge in [-0.05, 0) is 6.07 Å². The molecule has 5 nitrogen and oxygen atoms in total. The molecule has 10 heteroatoms. The van der Waals surface area contributed by atoms with Gasteiger partial charge in [-0.2, -0.15) is 0 Å². The summed E-state index contributed by atoms with van der Waals surface area (Å²) in [4.78, 5) is 18.0. The summed E-state index contributed by atoms with van der Waals surface area (Å²) in [6, 6.07) is 8.10. The third-order valence-corrected chi connectivity index (χ3v) is 9.81. The second kappa shape index (κ2) is 12.1. The van der Waals surface area contributed by atoms with Crippen molar-refractivity contribution in [2.24, 2.45) is 5.92 Å². The zero-order valence-corrected chi connectivity index (χ0v) is 21.8. The first-order chi connectivity index (χ1) is 15.6. The molecular formula is C22H26N2O3S5. The molecule has 1 aromatic carbocycles. The van der Waals surface area contributed by atoms with Gasteiger partial charge in [0.15, 0.2) is 5.78 Å². The number of ether oxygens (including phenoxy) is 2. The first-order valence-corrected chi connectivity index (χ1v) is 14.3. The summed E-state index contributed by atoms with van der Waals surface area (Å²) < 4.78 is 13.7. The van der Waals surface area contributed by atoms with Crippen LogP contribution in [0.5, 0.6) is 0 Å². The number of rotatable bonds is 6. The van der Waals surface area contributed by atoms with Crippen molar-refractivity contribution in [2.45, 2.75) is 0 Å². The first-order valence-electron chi connectivity index (χ1n) is 10.6. The first kappa shape index (κ1) is 24.4. The molecule has 2 fully saturated rings. The number of ketones is 1. The molecule has 0 saturated carbocycles. The number of benzene rings is 1. The molecule has 2 aromatic rings. The van der Waals surface area contributed by atoms with Gasteiger partial charge < -0.3 is 19.3 Å². The Hall–Kier alpha value is -0.750. The highest BCUT2D eigenvalue weighted by atomic mass is 32.2. The van der Waals surface area contributed by atoms with Crippen molar-refractivity contribution in [3.63, 3.8) is 0 Å². The number of thioether (sulfide) groups is 2. The second-order valence-electron chi connectivity index (χ2n) is 7.56. The number of hydrogen-bond acceptors (Lipinski definition) is 8. The quantitative estimate of drug-likeness (QED) is 0.402. The summed E-state index contributed by atoms with van der Waals surface area (Å²) in [7, 11) is 0. The van der Waals surface area contributed by atoms with E-state index in [1.54, 1.807) is 34.9 Å². The number of Topliss-reactive ketones (excluding diaryl/α,β-unsaturated/α-hetero) is 1. The van der Waals surface area contributed by atoms with E-state index in [4.69, 9.17) is 33.9 Å². The Balaban J connectivity index is 1.44. The number of morpholine rings is 2. The molecule has 2 aliphatic heterocycles. The van der Waals surface area contributed by atoms with Crippen LogP contribution in [0.2, 0.25) is 0 Å². The molecule has 0 radical (unpaired) electrons. The number of hydrogen-bond donors (Lipinski definition) is 0. The summed E-state index contributed by atoms with van der Waals surface area (Å²) in [5.41, 5.74) is 0.811. The van der Waals surface area contributed by atoms with Crippen LogP contribution >= 0.6 is 59.3 Å². The Morgan fingerprint density at radius 1 is 0.938 bits per heavy atom. The van der Waals surface area contributed by atoms with Crippen LogP contribution in [0.25, 0.3) is 10.1 Å². The third-order valence-electron chi connectivity index (χ3n) is 5.47. The van der Waals surface area contributed by atoms with Crippen LogP contribution in [0.4, 0.5) is 0 Å². The molecule has 2 aliphatic rings. The molecule has 0 aliphatic carbocycles. The van der Waals surface area contributed by atoms with E-state index in [0.717, 1.165) is 50.5 Å². The van der Waals surface area contributed by atoms with Gasteiger partial charge in [0.1, 0.15) is 8.64 Å². The Kier molecular flexibility index (Phi) is 9.22. The molecule has 32 heavy (non-hydrogen) atoms. The Morgan fingerprint density at radius 3 is 2.03 bits per heavy atom. The van der Waals surface area contributed by atoms with E-state index in [0.29, 0.717) is 37.9 Å². The van der Waals surface area contributed by atoms with Crippen LogP contribution < -0.4 is 0 Å². The number of carbonyl (C=O) groups excluding carboxylic acids is 1. The predicted molar refractivity (Wildman–Crippen MR) is 145 cm³/mol. The summed E-state index contributed by atoms with van der Waals surface area (Å²) in [5, 5.41) is 3.03. The highest BCUT2D eigenvalue weighted by Crippen LogP contribution is 2.30. The summed E-state index contributed by atoms with van der Waals surface area (Å²) in [6.07, 6.45) is 0. The van der Waals surface area contributed by atoms with Crippen LogP contribution in [-0.2, 0) is 9.47 Å². The van der Waals surface area contributed by atoms with E-state index in [9.17, 15) is 4.79 Å². The minimum Gasteiger partial charge on any atom is -0.378 e. The molecule has 2 saturated heterocycles. The maximum absolute atomic E-state index is 13.6. The van der Waals surface area contributed by atoms with Crippen molar-refractivity contribution in [1.29, 1.82) is 0 Å². The molecule has 3 heterocycles. The van der Waals surface area contributed by atoms with Crippen molar-refractivity contribution in [1.82, 2.24) is 9.80 Å².